The third kappa shape index (κ3) is 4.27. The largest absolute Gasteiger partial charge is 0.324 e. The molecule has 0 unspecified atom stereocenters. The number of thioether (sulfide) groups is 1. The molecule has 2 aliphatic carbocycles. The number of carbonyl (C=O) groups excluding carboxylic acids is 1. The number of fused-ring (bicyclic) bond motifs is 7. The second kappa shape index (κ2) is 9.38. The fraction of sp³-hybridized carbons (Fsp3) is 0.394. The minimum absolute atomic E-state index is 0.0239. The average Bonchev–Trinajstić information content (AvgIpc) is 3.62. The number of nitrogens with one attached hydrogen (secondary N) is 1. The van der Waals surface area contributed by atoms with Gasteiger partial charge in [0.25, 0.3) is 0 Å². The highest BCUT2D eigenvalue weighted by atomic mass is 32.2. The van der Waals surface area contributed by atoms with Gasteiger partial charge in [0, 0.05) is 27.1 Å². The molecule has 2 saturated carbocycles. The maximum absolute atomic E-state index is 13.5. The highest BCUT2D eigenvalue weighted by molar-refractivity contribution is 8.00. The Morgan fingerprint density at radius 2 is 1.72 bits per heavy atom. The third-order valence-electron chi connectivity index (χ3n) is 9.19. The summed E-state index contributed by atoms with van der Waals surface area (Å²) < 4.78 is 1.75. The normalized spacial score (nSPS) is 25.5. The minimum Gasteiger partial charge on any atom is -0.324 e. The van der Waals surface area contributed by atoms with Gasteiger partial charge < -0.3 is 5.32 Å². The molecule has 0 spiro atoms. The molecule has 2 bridgehead atoms. The van der Waals surface area contributed by atoms with Gasteiger partial charge in [0.1, 0.15) is 6.54 Å². The van der Waals surface area contributed by atoms with Crippen molar-refractivity contribution in [3.05, 3.63) is 92.4 Å². The van der Waals surface area contributed by atoms with E-state index in [-0.39, 0.29) is 28.7 Å². The van der Waals surface area contributed by atoms with Crippen LogP contribution in [-0.4, -0.2) is 15.7 Å². The Kier molecular flexibility index (Phi) is 6.05. The van der Waals surface area contributed by atoms with Gasteiger partial charge in [0.2, 0.25) is 5.91 Å². The summed E-state index contributed by atoms with van der Waals surface area (Å²) in [5.41, 5.74) is 3.54. The maximum Gasteiger partial charge on any atom is 0.308 e. The summed E-state index contributed by atoms with van der Waals surface area (Å²) in [5, 5.41) is 6.72. The van der Waals surface area contributed by atoms with Crippen LogP contribution in [0.1, 0.15) is 62.0 Å². The molecule has 6 heteroatoms. The van der Waals surface area contributed by atoms with Gasteiger partial charge in [-0.1, -0.05) is 92.8 Å². The zero-order valence-corrected chi connectivity index (χ0v) is 24.3. The molecular weight excluding hydrogens is 521 g/mol. The van der Waals surface area contributed by atoms with Crippen molar-refractivity contribution in [3.63, 3.8) is 0 Å². The lowest BCUT2D eigenvalue weighted by atomic mass is 9.74. The first-order valence-corrected chi connectivity index (χ1v) is 15.8. The second-order valence-electron chi connectivity index (χ2n) is 12.5. The average molecular weight is 555 g/mol. The second-order valence-corrected chi connectivity index (χ2v) is 14.7. The lowest BCUT2D eigenvalue weighted by molar-refractivity contribution is -0.116. The molecular formula is C33H34N2O2S2. The summed E-state index contributed by atoms with van der Waals surface area (Å²) in [6, 6.07) is 23.1. The summed E-state index contributed by atoms with van der Waals surface area (Å²) in [6.45, 7) is 6.79. The van der Waals surface area contributed by atoms with Gasteiger partial charge in [-0.3, -0.25) is 14.2 Å². The van der Waals surface area contributed by atoms with Crippen molar-refractivity contribution in [2.24, 2.45) is 17.8 Å². The molecule has 1 amide bonds. The van der Waals surface area contributed by atoms with Crippen LogP contribution in [0.3, 0.4) is 0 Å². The highest BCUT2D eigenvalue weighted by Crippen LogP contribution is 2.64. The van der Waals surface area contributed by atoms with Crippen molar-refractivity contribution < 1.29 is 4.79 Å². The first-order valence-electron chi connectivity index (χ1n) is 14.1. The van der Waals surface area contributed by atoms with E-state index in [9.17, 15) is 9.59 Å². The standard InChI is InChI=1S/C33H34N2O2S2/c1-33(2,3)23-15-13-20(14-16-23)27-28-21-11-12-22(17-21)29(28)38-31-30(27)39-32(37)35(31)18-26(36)34-25-10-6-8-19-7-4-5-9-24(19)25/h4-10,13-16,21-22,27-29H,11-12,17-18H2,1-3H3,(H,34,36)/t21-,22-,27-,28-,29+/m0/s1. The van der Waals surface area contributed by atoms with E-state index in [1.165, 1.54) is 46.6 Å². The van der Waals surface area contributed by atoms with Gasteiger partial charge in [-0.15, -0.1) is 11.8 Å². The summed E-state index contributed by atoms with van der Waals surface area (Å²) in [7, 11) is 0. The number of rotatable bonds is 4. The summed E-state index contributed by atoms with van der Waals surface area (Å²) in [6.07, 6.45) is 3.90. The van der Waals surface area contributed by atoms with Gasteiger partial charge in [0.15, 0.2) is 0 Å². The monoisotopic (exact) mass is 554 g/mol. The number of benzene rings is 3. The number of nitrogens with zero attached hydrogens (tertiary/aromatic N) is 1. The highest BCUT2D eigenvalue weighted by Gasteiger charge is 2.55. The van der Waals surface area contributed by atoms with Gasteiger partial charge in [-0.05, 0) is 65.0 Å². The number of aromatic nitrogens is 1. The van der Waals surface area contributed by atoms with Crippen molar-refractivity contribution in [2.45, 2.75) is 68.2 Å². The van der Waals surface area contributed by atoms with Crippen LogP contribution < -0.4 is 10.2 Å². The van der Waals surface area contributed by atoms with Gasteiger partial charge in [-0.25, -0.2) is 0 Å². The van der Waals surface area contributed by atoms with Gasteiger partial charge >= 0.3 is 4.87 Å². The van der Waals surface area contributed by atoms with Crippen LogP contribution in [0.4, 0.5) is 5.69 Å². The zero-order chi connectivity index (χ0) is 26.9. The first kappa shape index (κ1) is 25.2. The fourth-order valence-electron chi connectivity index (χ4n) is 7.32. The Hall–Kier alpha value is -2.83. The summed E-state index contributed by atoms with van der Waals surface area (Å²) in [4.78, 5) is 27.9. The molecule has 7 rings (SSSR count). The molecule has 1 aliphatic heterocycles. The van der Waals surface area contributed by atoms with E-state index < -0.39 is 0 Å². The van der Waals surface area contributed by atoms with Crippen LogP contribution in [0.2, 0.25) is 0 Å². The van der Waals surface area contributed by atoms with Gasteiger partial charge in [-0.2, -0.15) is 0 Å². The van der Waals surface area contributed by atoms with Crippen LogP contribution >= 0.6 is 23.1 Å². The Labute approximate surface area is 237 Å². The van der Waals surface area contributed by atoms with E-state index in [1.807, 2.05) is 54.2 Å². The predicted molar refractivity (Wildman–Crippen MR) is 162 cm³/mol. The van der Waals surface area contributed by atoms with E-state index in [0.717, 1.165) is 27.4 Å². The maximum atomic E-state index is 13.5. The van der Waals surface area contributed by atoms with E-state index >= 15 is 0 Å². The van der Waals surface area contributed by atoms with Crippen LogP contribution in [0.15, 0.2) is 76.6 Å². The predicted octanol–water partition coefficient (Wildman–Crippen LogP) is 7.65. The minimum atomic E-state index is -0.157. The smallest absolute Gasteiger partial charge is 0.308 e. The molecule has 3 aliphatic rings. The van der Waals surface area contributed by atoms with E-state index in [1.54, 1.807) is 4.57 Å². The number of hydrogen-bond acceptors (Lipinski definition) is 4. The van der Waals surface area contributed by atoms with Crippen LogP contribution in [-0.2, 0) is 16.8 Å². The number of thiazole rings is 1. The van der Waals surface area contributed by atoms with E-state index in [4.69, 9.17) is 0 Å². The molecule has 200 valence electrons. The zero-order valence-electron chi connectivity index (χ0n) is 22.6. The van der Waals surface area contributed by atoms with Crippen molar-refractivity contribution in [2.75, 3.05) is 5.32 Å². The van der Waals surface area contributed by atoms with Crippen LogP contribution in [0.25, 0.3) is 10.8 Å². The van der Waals surface area contributed by atoms with Crippen molar-refractivity contribution in [3.8, 4) is 0 Å². The molecule has 4 aromatic rings. The number of carbonyl (C=O) groups is 1. The molecule has 0 radical (unpaired) electrons. The van der Waals surface area contributed by atoms with Gasteiger partial charge in [0.05, 0.1) is 5.03 Å². The molecule has 3 aromatic carbocycles. The molecule has 4 nitrogen and oxygen atoms in total. The van der Waals surface area contributed by atoms with Crippen LogP contribution in [0, 0.1) is 17.8 Å². The summed E-state index contributed by atoms with van der Waals surface area (Å²) in [5.74, 6) is 2.08. The van der Waals surface area contributed by atoms with Crippen LogP contribution in [0.5, 0.6) is 0 Å². The van der Waals surface area contributed by atoms with Crippen molar-refractivity contribution in [1.29, 1.82) is 0 Å². The van der Waals surface area contributed by atoms with Crippen molar-refractivity contribution >= 4 is 45.5 Å². The number of amides is 1. The molecule has 1 N–H and O–H groups in total. The molecule has 2 heterocycles. The molecule has 5 atom stereocenters. The molecule has 39 heavy (non-hydrogen) atoms. The molecule has 2 fully saturated rings. The number of anilines is 1. The lowest BCUT2D eigenvalue weighted by Crippen LogP contribution is -2.35. The quantitative estimate of drug-likeness (QED) is 0.282. The Balaban J connectivity index is 1.24. The Morgan fingerprint density at radius 1 is 0.974 bits per heavy atom. The number of hydrogen-bond donors (Lipinski definition) is 1. The van der Waals surface area contributed by atoms with E-state index in [2.05, 4.69) is 50.4 Å². The molecule has 0 saturated heterocycles. The third-order valence-corrected chi connectivity index (χ3v) is 12.0. The summed E-state index contributed by atoms with van der Waals surface area (Å²) >= 11 is 3.25. The topological polar surface area (TPSA) is 51.1 Å². The molecule has 1 aromatic heterocycles. The lowest BCUT2D eigenvalue weighted by Gasteiger charge is -2.40. The first-order chi connectivity index (χ1) is 18.8. The Bertz CT molecular complexity index is 1620. The fourth-order valence-corrected chi connectivity index (χ4v) is 10.5. The van der Waals surface area contributed by atoms with E-state index in [0.29, 0.717) is 17.1 Å². The van der Waals surface area contributed by atoms with Crippen molar-refractivity contribution in [1.82, 2.24) is 4.57 Å². The Morgan fingerprint density at radius 3 is 2.51 bits per heavy atom. The SMILES string of the molecule is CC(C)(C)c1ccc([C@@H]2c3sc(=O)n(CC(=O)Nc4cccc5ccccc45)c3S[C@@H]3[C@H]4CC[C@@H](C4)[C@@H]23)cc1.